The summed E-state index contributed by atoms with van der Waals surface area (Å²) in [6.45, 7) is 1.24. The molecule has 6 N–H and O–H groups in total. The number of amides is 4. The summed E-state index contributed by atoms with van der Waals surface area (Å²) in [6, 6.07) is 18.4. The van der Waals surface area contributed by atoms with Gasteiger partial charge in [0.2, 0.25) is 33.6 Å². The van der Waals surface area contributed by atoms with Crippen LogP contribution >= 0.6 is 0 Å². The van der Waals surface area contributed by atoms with Crippen molar-refractivity contribution < 1.29 is 32.0 Å². The number of rotatable bonds is 15. The third kappa shape index (κ3) is 9.55. The van der Waals surface area contributed by atoms with Crippen LogP contribution in [-0.4, -0.2) is 83.3 Å². The van der Waals surface area contributed by atoms with E-state index < -0.39 is 22.0 Å². The van der Waals surface area contributed by atoms with E-state index in [1.165, 1.54) is 23.2 Å². The summed E-state index contributed by atoms with van der Waals surface area (Å²) in [5.41, 5.74) is 11.0. The lowest BCUT2D eigenvalue weighted by molar-refractivity contribution is -0.137. The predicted molar refractivity (Wildman–Crippen MR) is 219 cm³/mol. The molecule has 308 valence electrons. The van der Waals surface area contributed by atoms with E-state index in [-0.39, 0.29) is 78.9 Å². The number of benzene rings is 3. The number of carbonyl (C=O) groups excluding carboxylic acids is 4. The smallest absolute Gasteiger partial charge is 0.270 e. The van der Waals surface area contributed by atoms with Crippen molar-refractivity contribution in [1.82, 2.24) is 45.7 Å². The van der Waals surface area contributed by atoms with Gasteiger partial charge in [0.25, 0.3) is 11.8 Å². The maximum absolute atomic E-state index is 13.0. The molecule has 60 heavy (non-hydrogen) atoms. The minimum Gasteiger partial charge on any atom is -0.414 e. The summed E-state index contributed by atoms with van der Waals surface area (Å²) in [5.74, 6) is 5.16. The molecule has 1 unspecified atom stereocenters. The van der Waals surface area contributed by atoms with Crippen LogP contribution in [0.1, 0.15) is 65.6 Å². The molecule has 2 aromatic heterocycles. The van der Waals surface area contributed by atoms with Crippen LogP contribution in [0.5, 0.6) is 0 Å². The van der Waals surface area contributed by atoms with Crippen LogP contribution in [0.25, 0.3) is 34.3 Å². The molecule has 1 fully saturated rings. The highest BCUT2D eigenvalue weighted by Crippen LogP contribution is 2.30. The molecular weight excluding hydrogens is 789 g/mol. The number of carbonyl (C=O) groups is 4. The first-order valence-corrected chi connectivity index (χ1v) is 20.8. The third-order valence-electron chi connectivity index (χ3n) is 10.0. The molecule has 2 aliphatic heterocycles. The molecular formula is C42H42N10O7S. The Hall–Kier alpha value is -6.81. The fourth-order valence-corrected chi connectivity index (χ4v) is 7.93. The van der Waals surface area contributed by atoms with Crippen LogP contribution in [0.15, 0.2) is 82.2 Å². The van der Waals surface area contributed by atoms with Gasteiger partial charge in [0.15, 0.2) is 11.5 Å². The predicted octanol–water partition coefficient (Wildman–Crippen LogP) is 2.93. The number of aromatic nitrogens is 4. The van der Waals surface area contributed by atoms with Crippen molar-refractivity contribution in [3.8, 4) is 46.1 Å². The van der Waals surface area contributed by atoms with Gasteiger partial charge in [-0.05, 0) is 73.8 Å². The second-order valence-corrected chi connectivity index (χ2v) is 15.9. The van der Waals surface area contributed by atoms with Gasteiger partial charge < -0.3 is 25.7 Å². The van der Waals surface area contributed by atoms with Gasteiger partial charge in [-0.1, -0.05) is 48.6 Å². The topological polar surface area (TPSA) is 244 Å². The van der Waals surface area contributed by atoms with Gasteiger partial charge in [0, 0.05) is 54.7 Å². The lowest BCUT2D eigenvalue weighted by Gasteiger charge is -2.29. The van der Waals surface area contributed by atoms with Crippen molar-refractivity contribution in [2.75, 3.05) is 25.9 Å². The van der Waals surface area contributed by atoms with Crippen molar-refractivity contribution in [2.24, 2.45) is 0 Å². The Morgan fingerprint density at radius 1 is 0.983 bits per heavy atom. The number of anilines is 1. The molecule has 1 saturated heterocycles. The number of fused-ring (bicyclic) bond motifs is 1. The van der Waals surface area contributed by atoms with Gasteiger partial charge in [-0.15, -0.1) is 10.2 Å². The van der Waals surface area contributed by atoms with E-state index >= 15 is 0 Å². The average molecular weight is 831 g/mol. The highest BCUT2D eigenvalue weighted by atomic mass is 32.2. The van der Waals surface area contributed by atoms with E-state index in [1.54, 1.807) is 30.3 Å². The Morgan fingerprint density at radius 3 is 2.52 bits per heavy atom. The first kappa shape index (κ1) is 41.4. The van der Waals surface area contributed by atoms with Gasteiger partial charge >= 0.3 is 0 Å². The Morgan fingerprint density at radius 2 is 1.75 bits per heavy atom. The molecule has 17 nitrogen and oxygen atoms in total. The molecule has 0 saturated carbocycles. The number of nitrogens with two attached hydrogens (primary N) is 1. The summed E-state index contributed by atoms with van der Waals surface area (Å²) in [5, 5.41) is 16.4. The van der Waals surface area contributed by atoms with Gasteiger partial charge in [-0.3, -0.25) is 24.5 Å². The normalized spacial score (nSPS) is 15.0. The van der Waals surface area contributed by atoms with E-state index in [0.717, 1.165) is 17.7 Å². The largest absolute Gasteiger partial charge is 0.414 e. The minimum atomic E-state index is -3.80. The van der Waals surface area contributed by atoms with Crippen LogP contribution in [0.4, 0.5) is 5.82 Å². The zero-order valence-electron chi connectivity index (χ0n) is 32.7. The third-order valence-corrected chi connectivity index (χ3v) is 11.5. The summed E-state index contributed by atoms with van der Waals surface area (Å²) in [4.78, 5) is 59.8. The number of sulfonamides is 1. The molecule has 5 aromatic rings. The number of nitrogen functional groups attached to an aromatic ring is 1. The molecule has 4 amide bonds. The van der Waals surface area contributed by atoms with Crippen molar-refractivity contribution in [3.63, 3.8) is 0 Å². The number of imide groups is 1. The summed E-state index contributed by atoms with van der Waals surface area (Å²) in [7, 11) is -1.92. The van der Waals surface area contributed by atoms with Crippen LogP contribution < -0.4 is 26.4 Å². The number of piperidine rings is 1. The number of nitrogens with one attached hydrogen (secondary N) is 4. The standard InChI is InChI=1S/C42H42N10O7S/c1-44-23-26-11-13-29(14-12-26)40-50-51-41(59-40)37-38(43)46-24-33(48-37)28-15-17-30(18-16-28)60(57,58)47-22-4-2-3-10-35(53)45-21-6-8-27-7-5-9-31-32(27)25-52(42(31)56)34-19-20-36(54)49-39(34)55/h5,7,9,11-18,24,34,44,47H,2-4,10,19-23,25H2,1H3,(H2,43,46)(H,45,53)(H,49,54,55). The molecule has 0 spiro atoms. The number of nitrogens with zero attached hydrogens (tertiary/aromatic N) is 5. The quantitative estimate of drug-likeness (QED) is 0.0580. The van der Waals surface area contributed by atoms with E-state index in [9.17, 15) is 27.6 Å². The fraction of sp³-hybridized carbons (Fsp3) is 0.286. The van der Waals surface area contributed by atoms with Crippen molar-refractivity contribution in [1.29, 1.82) is 0 Å². The van der Waals surface area contributed by atoms with Gasteiger partial charge in [0.1, 0.15) is 6.04 Å². The molecule has 3 aromatic carbocycles. The molecule has 2 aliphatic rings. The van der Waals surface area contributed by atoms with Crippen LogP contribution in [0.2, 0.25) is 0 Å². The minimum absolute atomic E-state index is 0.0799. The maximum Gasteiger partial charge on any atom is 0.270 e. The zero-order chi connectivity index (χ0) is 42.2. The van der Waals surface area contributed by atoms with Crippen LogP contribution in [-0.2, 0) is 37.5 Å². The Kier molecular flexibility index (Phi) is 12.7. The molecule has 1 atom stereocenters. The van der Waals surface area contributed by atoms with Crippen molar-refractivity contribution in [3.05, 3.63) is 95.2 Å². The molecule has 0 aliphatic carbocycles. The molecule has 18 heteroatoms. The van der Waals surface area contributed by atoms with E-state index in [0.29, 0.717) is 53.1 Å². The lowest BCUT2D eigenvalue weighted by Crippen LogP contribution is -2.52. The molecule has 0 bridgehead atoms. The SMILES string of the molecule is CNCc1ccc(-c2nnc(-c3nc(-c4ccc(S(=O)(=O)NCCCCCC(=O)NCC#Cc5cccc6c5CN(C5CCC(=O)NC5=O)C6=O)cc4)cnc3N)o2)cc1. The number of unbranched alkanes of at least 4 members (excludes halogenated alkanes) is 2. The monoisotopic (exact) mass is 830 g/mol. The first-order valence-electron chi connectivity index (χ1n) is 19.3. The maximum atomic E-state index is 13.0. The fourth-order valence-electron chi connectivity index (χ4n) is 6.86. The molecule has 0 radical (unpaired) electrons. The van der Waals surface area contributed by atoms with E-state index in [2.05, 4.69) is 52.7 Å². The highest BCUT2D eigenvalue weighted by Gasteiger charge is 2.39. The van der Waals surface area contributed by atoms with Crippen LogP contribution in [0, 0.1) is 11.8 Å². The summed E-state index contributed by atoms with van der Waals surface area (Å²) >= 11 is 0. The van der Waals surface area contributed by atoms with Crippen molar-refractivity contribution in [2.45, 2.75) is 62.6 Å². The Bertz CT molecular complexity index is 2600. The first-order chi connectivity index (χ1) is 29.0. The number of hydrogen-bond acceptors (Lipinski definition) is 13. The summed E-state index contributed by atoms with van der Waals surface area (Å²) < 4.78 is 34.5. The highest BCUT2D eigenvalue weighted by molar-refractivity contribution is 7.89. The summed E-state index contributed by atoms with van der Waals surface area (Å²) in [6.07, 6.45) is 3.88. The Labute approximate surface area is 346 Å². The van der Waals surface area contributed by atoms with Gasteiger partial charge in [0.05, 0.1) is 23.3 Å². The lowest BCUT2D eigenvalue weighted by atomic mass is 10.0. The second-order valence-electron chi connectivity index (χ2n) is 14.2. The Balaban J connectivity index is 0.838. The average Bonchev–Trinajstić information content (AvgIpc) is 3.87. The molecule has 7 rings (SSSR count). The van der Waals surface area contributed by atoms with Crippen molar-refractivity contribution >= 4 is 39.5 Å². The molecule has 4 heterocycles. The van der Waals surface area contributed by atoms with E-state index in [4.69, 9.17) is 10.2 Å². The van der Waals surface area contributed by atoms with Gasteiger partial charge in [-0.2, -0.15) is 0 Å². The second kappa shape index (κ2) is 18.4. The van der Waals surface area contributed by atoms with Crippen LogP contribution in [0.3, 0.4) is 0 Å². The number of hydrogen-bond donors (Lipinski definition) is 5. The van der Waals surface area contributed by atoms with E-state index in [1.807, 2.05) is 31.3 Å². The zero-order valence-corrected chi connectivity index (χ0v) is 33.5. The van der Waals surface area contributed by atoms with Gasteiger partial charge in [-0.25, -0.2) is 23.1 Å².